The second kappa shape index (κ2) is 7.64. The zero-order valence-corrected chi connectivity index (χ0v) is 12.8. The molecule has 2 rings (SSSR count). The van der Waals surface area contributed by atoms with Crippen LogP contribution in [-0.4, -0.2) is 28.1 Å². The monoisotopic (exact) mass is 302 g/mol. The molecular formula is C17H22N2O3. The molecule has 0 atom stereocenters. The summed E-state index contributed by atoms with van der Waals surface area (Å²) < 4.78 is 2.01. The molecule has 1 heterocycles. The Balaban J connectivity index is 1.79. The highest BCUT2D eigenvalue weighted by atomic mass is 16.4. The summed E-state index contributed by atoms with van der Waals surface area (Å²) in [6, 6.07) is 10.1. The Labute approximate surface area is 129 Å². The summed E-state index contributed by atoms with van der Waals surface area (Å²) in [4.78, 5) is 22.4. The van der Waals surface area contributed by atoms with Crippen molar-refractivity contribution >= 4 is 22.8 Å². The number of nitrogens with one attached hydrogen (secondary N) is 1. The predicted molar refractivity (Wildman–Crippen MR) is 85.8 cm³/mol. The fourth-order valence-electron chi connectivity index (χ4n) is 2.56. The maximum absolute atomic E-state index is 12.0. The number of hydrogen-bond donors (Lipinski definition) is 2. The van der Waals surface area contributed by atoms with E-state index < -0.39 is 5.97 Å². The molecule has 0 radical (unpaired) electrons. The maximum atomic E-state index is 12.0. The highest BCUT2D eigenvalue weighted by Gasteiger charge is 2.08. The van der Waals surface area contributed by atoms with Crippen LogP contribution in [0.2, 0.25) is 0 Å². The normalized spacial score (nSPS) is 10.8. The number of carbonyl (C=O) groups excluding carboxylic acids is 1. The quantitative estimate of drug-likeness (QED) is 0.736. The lowest BCUT2D eigenvalue weighted by Gasteiger charge is -2.09. The van der Waals surface area contributed by atoms with Gasteiger partial charge in [-0.05, 0) is 37.3 Å². The number of aromatic nitrogens is 1. The molecule has 0 aliphatic carbocycles. The SMILES string of the molecule is Cc1cc2ccccc2n1CC(=O)NCCCCCC(=O)O. The Bertz CT molecular complexity index is 661. The summed E-state index contributed by atoms with van der Waals surface area (Å²) in [5, 5.41) is 12.6. The number of carboxylic acids is 1. The molecule has 2 N–H and O–H groups in total. The molecule has 0 spiro atoms. The van der Waals surface area contributed by atoms with Crippen LogP contribution in [0.25, 0.3) is 10.9 Å². The van der Waals surface area contributed by atoms with E-state index in [1.54, 1.807) is 0 Å². The number of unbranched alkanes of at least 4 members (excludes halogenated alkanes) is 2. The second-order valence-corrected chi connectivity index (χ2v) is 5.49. The van der Waals surface area contributed by atoms with Crippen molar-refractivity contribution in [1.29, 1.82) is 0 Å². The Morgan fingerprint density at radius 1 is 1.18 bits per heavy atom. The molecule has 5 heteroatoms. The summed E-state index contributed by atoms with van der Waals surface area (Å²) in [6.07, 6.45) is 2.48. The molecule has 1 aromatic heterocycles. The van der Waals surface area contributed by atoms with E-state index in [1.165, 1.54) is 0 Å². The Morgan fingerprint density at radius 3 is 2.73 bits per heavy atom. The van der Waals surface area contributed by atoms with Crippen LogP contribution in [0.3, 0.4) is 0 Å². The third kappa shape index (κ3) is 4.35. The number of benzene rings is 1. The van der Waals surface area contributed by atoms with Gasteiger partial charge in [-0.3, -0.25) is 9.59 Å². The van der Waals surface area contributed by atoms with Crippen LogP contribution in [0.4, 0.5) is 0 Å². The number of carbonyl (C=O) groups is 2. The number of fused-ring (bicyclic) bond motifs is 1. The van der Waals surface area contributed by atoms with Gasteiger partial charge in [0.05, 0.1) is 0 Å². The lowest BCUT2D eigenvalue weighted by atomic mass is 10.2. The topological polar surface area (TPSA) is 71.3 Å². The first-order valence-corrected chi connectivity index (χ1v) is 7.61. The molecule has 0 fully saturated rings. The van der Waals surface area contributed by atoms with Gasteiger partial charge in [0.1, 0.15) is 6.54 Å². The minimum Gasteiger partial charge on any atom is -0.481 e. The van der Waals surface area contributed by atoms with Crippen LogP contribution in [0.5, 0.6) is 0 Å². The van der Waals surface area contributed by atoms with E-state index in [9.17, 15) is 9.59 Å². The minimum atomic E-state index is -0.765. The fraction of sp³-hybridized carbons (Fsp3) is 0.412. The van der Waals surface area contributed by atoms with Crippen LogP contribution >= 0.6 is 0 Å². The lowest BCUT2D eigenvalue weighted by molar-refractivity contribution is -0.137. The van der Waals surface area contributed by atoms with Gasteiger partial charge >= 0.3 is 5.97 Å². The largest absolute Gasteiger partial charge is 0.481 e. The first kappa shape index (κ1) is 16.1. The van der Waals surface area contributed by atoms with E-state index in [0.29, 0.717) is 19.5 Å². The summed E-state index contributed by atoms with van der Waals surface area (Å²) in [7, 11) is 0. The van der Waals surface area contributed by atoms with Gasteiger partial charge in [0.15, 0.2) is 0 Å². The zero-order chi connectivity index (χ0) is 15.9. The number of rotatable bonds is 8. The van der Waals surface area contributed by atoms with Gasteiger partial charge in [0.2, 0.25) is 5.91 Å². The van der Waals surface area contributed by atoms with Gasteiger partial charge in [-0.15, -0.1) is 0 Å². The van der Waals surface area contributed by atoms with Crippen molar-refractivity contribution < 1.29 is 14.7 Å². The molecule has 118 valence electrons. The first-order chi connectivity index (χ1) is 10.6. The van der Waals surface area contributed by atoms with Crippen LogP contribution in [0.1, 0.15) is 31.4 Å². The van der Waals surface area contributed by atoms with Gasteiger partial charge in [0, 0.05) is 24.2 Å². The smallest absolute Gasteiger partial charge is 0.303 e. The summed E-state index contributed by atoms with van der Waals surface area (Å²) in [5.74, 6) is -0.776. The minimum absolute atomic E-state index is 0.0114. The van der Waals surface area contributed by atoms with Crippen molar-refractivity contribution in [1.82, 2.24) is 9.88 Å². The molecule has 0 unspecified atom stereocenters. The Hall–Kier alpha value is -2.30. The molecule has 0 aliphatic rings. The van der Waals surface area contributed by atoms with E-state index in [1.807, 2.05) is 35.8 Å². The van der Waals surface area contributed by atoms with E-state index in [2.05, 4.69) is 11.4 Å². The molecule has 0 aliphatic heterocycles. The Kier molecular flexibility index (Phi) is 5.58. The van der Waals surface area contributed by atoms with Crippen molar-refractivity contribution in [3.63, 3.8) is 0 Å². The summed E-state index contributed by atoms with van der Waals surface area (Å²) in [6.45, 7) is 2.91. The van der Waals surface area contributed by atoms with E-state index in [0.717, 1.165) is 29.4 Å². The van der Waals surface area contributed by atoms with Crippen molar-refractivity contribution in [2.24, 2.45) is 0 Å². The summed E-state index contributed by atoms with van der Waals surface area (Å²) >= 11 is 0. The average Bonchev–Trinajstić information content (AvgIpc) is 2.79. The number of aliphatic carboxylic acids is 1. The van der Waals surface area contributed by atoms with Crippen molar-refractivity contribution in [2.75, 3.05) is 6.54 Å². The van der Waals surface area contributed by atoms with Gasteiger partial charge in [0.25, 0.3) is 0 Å². The number of aryl methyl sites for hydroxylation is 1. The van der Waals surface area contributed by atoms with E-state index in [4.69, 9.17) is 5.11 Å². The van der Waals surface area contributed by atoms with Crippen LogP contribution < -0.4 is 5.32 Å². The first-order valence-electron chi connectivity index (χ1n) is 7.61. The molecule has 1 amide bonds. The summed E-state index contributed by atoms with van der Waals surface area (Å²) in [5.41, 5.74) is 2.13. The number of hydrogen-bond acceptors (Lipinski definition) is 2. The predicted octanol–water partition coefficient (Wildman–Crippen LogP) is 2.71. The third-order valence-electron chi connectivity index (χ3n) is 3.71. The average molecular weight is 302 g/mol. The highest BCUT2D eigenvalue weighted by Crippen LogP contribution is 2.18. The number of amides is 1. The van der Waals surface area contributed by atoms with E-state index in [-0.39, 0.29) is 12.3 Å². The van der Waals surface area contributed by atoms with Crippen molar-refractivity contribution in [3.05, 3.63) is 36.0 Å². The van der Waals surface area contributed by atoms with Crippen molar-refractivity contribution in [2.45, 2.75) is 39.2 Å². The molecular weight excluding hydrogens is 280 g/mol. The van der Waals surface area contributed by atoms with Crippen LogP contribution in [-0.2, 0) is 16.1 Å². The zero-order valence-electron chi connectivity index (χ0n) is 12.8. The molecule has 1 aromatic carbocycles. The second-order valence-electron chi connectivity index (χ2n) is 5.49. The molecule has 0 bridgehead atoms. The molecule has 5 nitrogen and oxygen atoms in total. The van der Waals surface area contributed by atoms with Crippen LogP contribution in [0.15, 0.2) is 30.3 Å². The van der Waals surface area contributed by atoms with Gasteiger partial charge < -0.3 is 15.0 Å². The fourth-order valence-corrected chi connectivity index (χ4v) is 2.56. The van der Waals surface area contributed by atoms with Crippen molar-refractivity contribution in [3.8, 4) is 0 Å². The van der Waals surface area contributed by atoms with Gasteiger partial charge in [-0.1, -0.05) is 24.6 Å². The van der Waals surface area contributed by atoms with E-state index >= 15 is 0 Å². The molecule has 22 heavy (non-hydrogen) atoms. The third-order valence-corrected chi connectivity index (χ3v) is 3.71. The van der Waals surface area contributed by atoms with Gasteiger partial charge in [-0.25, -0.2) is 0 Å². The number of nitrogens with zero attached hydrogens (tertiary/aromatic N) is 1. The van der Waals surface area contributed by atoms with Crippen LogP contribution in [0, 0.1) is 6.92 Å². The maximum Gasteiger partial charge on any atom is 0.303 e. The number of para-hydroxylation sites is 1. The molecule has 0 saturated carbocycles. The number of carboxylic acid groups (broad SMARTS) is 1. The standard InChI is InChI=1S/C17H22N2O3/c1-13-11-14-7-4-5-8-15(14)19(13)12-16(20)18-10-6-2-3-9-17(21)22/h4-5,7-8,11H,2-3,6,9-10,12H2,1H3,(H,18,20)(H,21,22). The lowest BCUT2D eigenvalue weighted by Crippen LogP contribution is -2.28. The molecule has 2 aromatic rings. The highest BCUT2D eigenvalue weighted by molar-refractivity contribution is 5.84. The molecule has 0 saturated heterocycles. The Morgan fingerprint density at radius 2 is 1.95 bits per heavy atom. The van der Waals surface area contributed by atoms with Gasteiger partial charge in [-0.2, -0.15) is 0 Å².